The molecule has 1 unspecified atom stereocenters. The monoisotopic (exact) mass is 556 g/mol. The Bertz CT molecular complexity index is 1240. The molecule has 1 aromatic heterocycles. The standard InChI is InChI=1S/C22H32F4N4O4S2/c1-14-12-29(7-8-30(14)19-17(23)9-16(11-27-19)22(24,25)26)36(33,34)13-21-6-5-15(20(21,2)3)10-18(21)28-35(4,31)32/h9,11,14-15,18,28H,5-8,10,12-13H2,1-4H3/t14-,15+,18?,21-/m0/s1. The summed E-state index contributed by atoms with van der Waals surface area (Å²) in [5, 5.41) is 0. The van der Waals surface area contributed by atoms with E-state index in [1.54, 1.807) is 6.92 Å². The highest BCUT2D eigenvalue weighted by molar-refractivity contribution is 7.89. The fourth-order valence-electron chi connectivity index (χ4n) is 6.55. The molecule has 0 spiro atoms. The summed E-state index contributed by atoms with van der Waals surface area (Å²) in [7, 11) is -7.38. The van der Waals surface area contributed by atoms with E-state index in [2.05, 4.69) is 9.71 Å². The summed E-state index contributed by atoms with van der Waals surface area (Å²) in [5.41, 5.74) is -2.34. The Morgan fingerprint density at radius 1 is 1.19 bits per heavy atom. The zero-order chi connectivity index (χ0) is 26.9. The second-order valence-corrected chi connectivity index (χ2v) is 14.7. The first-order valence-electron chi connectivity index (χ1n) is 11.8. The largest absolute Gasteiger partial charge is 0.417 e. The molecular formula is C22H32F4N4O4S2. The van der Waals surface area contributed by atoms with Crippen molar-refractivity contribution in [3.05, 3.63) is 23.6 Å². The minimum atomic E-state index is -4.72. The average Bonchev–Trinajstić information content (AvgIpc) is 3.06. The molecule has 1 aliphatic heterocycles. The number of alkyl halides is 3. The van der Waals surface area contributed by atoms with Crippen LogP contribution in [0.4, 0.5) is 23.4 Å². The van der Waals surface area contributed by atoms with Crippen molar-refractivity contribution in [2.24, 2.45) is 16.7 Å². The van der Waals surface area contributed by atoms with Crippen LogP contribution >= 0.6 is 0 Å². The van der Waals surface area contributed by atoms with Crippen molar-refractivity contribution in [1.82, 2.24) is 14.0 Å². The van der Waals surface area contributed by atoms with E-state index < -0.39 is 55.1 Å². The van der Waals surface area contributed by atoms with Gasteiger partial charge in [0.1, 0.15) is 0 Å². The second kappa shape index (κ2) is 8.77. The number of piperazine rings is 1. The van der Waals surface area contributed by atoms with E-state index in [1.165, 1.54) is 9.21 Å². The maximum atomic E-state index is 14.5. The number of fused-ring (bicyclic) bond motifs is 2. The Hall–Kier alpha value is -1.51. The van der Waals surface area contributed by atoms with Gasteiger partial charge in [0.15, 0.2) is 11.6 Å². The molecule has 0 aromatic carbocycles. The topological polar surface area (TPSA) is 99.7 Å². The van der Waals surface area contributed by atoms with E-state index in [0.717, 1.165) is 12.7 Å². The van der Waals surface area contributed by atoms with Gasteiger partial charge in [-0.3, -0.25) is 0 Å². The molecule has 14 heteroatoms. The third kappa shape index (κ3) is 4.73. The van der Waals surface area contributed by atoms with Gasteiger partial charge >= 0.3 is 6.18 Å². The number of sulfonamides is 2. The number of halogens is 4. The lowest BCUT2D eigenvalue weighted by Gasteiger charge is -2.45. The quantitative estimate of drug-likeness (QED) is 0.541. The minimum Gasteiger partial charge on any atom is -0.349 e. The predicted molar refractivity (Wildman–Crippen MR) is 127 cm³/mol. The first-order chi connectivity index (χ1) is 16.4. The summed E-state index contributed by atoms with van der Waals surface area (Å²) in [5.74, 6) is -1.38. The van der Waals surface area contributed by atoms with Crippen LogP contribution in [-0.2, 0) is 26.2 Å². The molecule has 0 amide bonds. The zero-order valence-electron chi connectivity index (χ0n) is 20.6. The average molecular weight is 557 g/mol. The Morgan fingerprint density at radius 3 is 2.39 bits per heavy atom. The summed E-state index contributed by atoms with van der Waals surface area (Å²) in [6.07, 6.45) is -1.08. The van der Waals surface area contributed by atoms with E-state index in [0.29, 0.717) is 25.1 Å². The lowest BCUT2D eigenvalue weighted by atomic mass is 9.69. The van der Waals surface area contributed by atoms with Crippen molar-refractivity contribution in [1.29, 1.82) is 0 Å². The summed E-state index contributed by atoms with van der Waals surface area (Å²) in [4.78, 5) is 5.15. The van der Waals surface area contributed by atoms with Crippen LogP contribution in [0.1, 0.15) is 45.6 Å². The van der Waals surface area contributed by atoms with Crippen LogP contribution in [0.25, 0.3) is 0 Å². The maximum absolute atomic E-state index is 14.5. The molecule has 2 aliphatic carbocycles. The van der Waals surface area contributed by atoms with Gasteiger partial charge in [0.2, 0.25) is 20.0 Å². The van der Waals surface area contributed by atoms with Crippen molar-refractivity contribution >= 4 is 25.9 Å². The molecule has 2 saturated carbocycles. The lowest BCUT2D eigenvalue weighted by Crippen LogP contribution is -2.58. The smallest absolute Gasteiger partial charge is 0.349 e. The molecule has 36 heavy (non-hydrogen) atoms. The second-order valence-electron chi connectivity index (χ2n) is 11.0. The highest BCUT2D eigenvalue weighted by atomic mass is 32.2. The molecule has 2 heterocycles. The van der Waals surface area contributed by atoms with Crippen molar-refractivity contribution in [3.8, 4) is 0 Å². The van der Waals surface area contributed by atoms with Gasteiger partial charge in [-0.15, -0.1) is 0 Å². The molecule has 8 nitrogen and oxygen atoms in total. The number of aromatic nitrogens is 1. The Morgan fingerprint density at radius 2 is 1.86 bits per heavy atom. The van der Waals surface area contributed by atoms with E-state index in [4.69, 9.17) is 0 Å². The first kappa shape index (κ1) is 27.5. The number of rotatable bonds is 6. The van der Waals surface area contributed by atoms with Crippen LogP contribution in [0, 0.1) is 22.6 Å². The Kier molecular flexibility index (Phi) is 6.70. The van der Waals surface area contributed by atoms with Gasteiger partial charge in [-0.1, -0.05) is 13.8 Å². The van der Waals surface area contributed by atoms with Gasteiger partial charge in [0.05, 0.1) is 17.6 Å². The normalized spacial score (nSPS) is 31.2. The molecule has 1 aromatic rings. The molecule has 2 bridgehead atoms. The van der Waals surface area contributed by atoms with Gasteiger partial charge in [-0.05, 0) is 43.6 Å². The fraction of sp³-hybridized carbons (Fsp3) is 0.773. The van der Waals surface area contributed by atoms with Crippen LogP contribution in [0.2, 0.25) is 0 Å². The van der Waals surface area contributed by atoms with Crippen molar-refractivity contribution in [2.45, 2.75) is 58.3 Å². The molecular weight excluding hydrogens is 524 g/mol. The van der Waals surface area contributed by atoms with Crippen LogP contribution in [-0.4, -0.2) is 69.9 Å². The van der Waals surface area contributed by atoms with Crippen LogP contribution in [0.15, 0.2) is 12.3 Å². The van der Waals surface area contributed by atoms with Crippen molar-refractivity contribution in [2.75, 3.05) is 36.5 Å². The SMILES string of the molecule is C[C@H]1CN(S(=O)(=O)C[C@@]23CC[C@H](CC2NS(C)(=O)=O)C3(C)C)CCN1c1ncc(C(F)(F)F)cc1F. The molecule has 4 rings (SSSR count). The minimum absolute atomic E-state index is 0.00852. The lowest BCUT2D eigenvalue weighted by molar-refractivity contribution is -0.138. The van der Waals surface area contributed by atoms with E-state index in [-0.39, 0.29) is 42.5 Å². The highest BCUT2D eigenvalue weighted by Gasteiger charge is 2.66. The Balaban J connectivity index is 1.53. The van der Waals surface area contributed by atoms with Crippen LogP contribution in [0.3, 0.4) is 0 Å². The van der Waals surface area contributed by atoms with E-state index >= 15 is 0 Å². The Labute approximate surface area is 209 Å². The summed E-state index contributed by atoms with van der Waals surface area (Å²) < 4.78 is 108. The molecule has 3 aliphatic rings. The summed E-state index contributed by atoms with van der Waals surface area (Å²) in [6, 6.07) is -0.631. The predicted octanol–water partition coefficient (Wildman–Crippen LogP) is 2.82. The summed E-state index contributed by atoms with van der Waals surface area (Å²) >= 11 is 0. The fourth-order valence-corrected chi connectivity index (χ4v) is 9.74. The van der Waals surface area contributed by atoms with Gasteiger partial charge in [0, 0.05) is 43.3 Å². The van der Waals surface area contributed by atoms with Crippen LogP contribution < -0.4 is 9.62 Å². The molecule has 0 radical (unpaired) electrons. The number of nitrogens with one attached hydrogen (secondary N) is 1. The molecule has 3 fully saturated rings. The summed E-state index contributed by atoms with van der Waals surface area (Å²) in [6.45, 7) is 5.75. The third-order valence-electron chi connectivity index (χ3n) is 8.63. The third-order valence-corrected chi connectivity index (χ3v) is 11.3. The number of hydrogen-bond donors (Lipinski definition) is 1. The van der Waals surface area contributed by atoms with E-state index in [9.17, 15) is 34.4 Å². The van der Waals surface area contributed by atoms with Crippen molar-refractivity contribution in [3.63, 3.8) is 0 Å². The maximum Gasteiger partial charge on any atom is 0.417 e. The molecule has 4 atom stereocenters. The molecule has 1 saturated heterocycles. The zero-order valence-corrected chi connectivity index (χ0v) is 22.3. The number of hydrogen-bond acceptors (Lipinski definition) is 6. The number of anilines is 1. The molecule has 204 valence electrons. The highest BCUT2D eigenvalue weighted by Crippen LogP contribution is 2.66. The van der Waals surface area contributed by atoms with Gasteiger partial charge < -0.3 is 4.90 Å². The number of pyridine rings is 1. The first-order valence-corrected chi connectivity index (χ1v) is 15.3. The van der Waals surface area contributed by atoms with Gasteiger partial charge in [-0.25, -0.2) is 30.9 Å². The van der Waals surface area contributed by atoms with Gasteiger partial charge in [0.25, 0.3) is 0 Å². The van der Waals surface area contributed by atoms with Crippen LogP contribution in [0.5, 0.6) is 0 Å². The van der Waals surface area contributed by atoms with Crippen molar-refractivity contribution < 1.29 is 34.4 Å². The molecule has 1 N–H and O–H groups in total. The van der Waals surface area contributed by atoms with E-state index in [1.807, 2.05) is 13.8 Å². The number of nitrogens with zero attached hydrogens (tertiary/aromatic N) is 3. The van der Waals surface area contributed by atoms with Gasteiger partial charge in [-0.2, -0.15) is 17.5 Å².